The number of fused-ring (bicyclic) bond motifs is 1. The summed E-state index contributed by atoms with van der Waals surface area (Å²) in [5.41, 5.74) is 4.39. The standard InChI is InChI=1S/C21H24O5S/c1-11-2-4-12(5-3-11)15-10-27-17-7-6-13(8-14(15)17)21-20(25)19(24)18(23)16(9-22)26-21/h2-8,15-16,18-25H,9-10H2,1H3/t15-,16?,18?,19?,20?,21?/m0/s1. The second-order valence-corrected chi connectivity index (χ2v) is 8.38. The topological polar surface area (TPSA) is 90.2 Å². The first kappa shape index (κ1) is 18.9. The first-order valence-electron chi connectivity index (χ1n) is 9.13. The van der Waals surface area contributed by atoms with Crippen molar-refractivity contribution in [2.24, 2.45) is 0 Å². The van der Waals surface area contributed by atoms with E-state index in [1.54, 1.807) is 11.8 Å². The summed E-state index contributed by atoms with van der Waals surface area (Å²) in [5, 5.41) is 39.9. The van der Waals surface area contributed by atoms with Crippen molar-refractivity contribution in [2.75, 3.05) is 12.4 Å². The summed E-state index contributed by atoms with van der Waals surface area (Å²) in [6.07, 6.45) is -5.66. The van der Waals surface area contributed by atoms with E-state index >= 15 is 0 Å². The molecule has 144 valence electrons. The Morgan fingerprint density at radius 2 is 1.67 bits per heavy atom. The van der Waals surface area contributed by atoms with E-state index in [2.05, 4.69) is 31.2 Å². The lowest BCUT2D eigenvalue weighted by Crippen LogP contribution is -2.55. The lowest BCUT2D eigenvalue weighted by molar-refractivity contribution is -0.231. The first-order valence-corrected chi connectivity index (χ1v) is 10.1. The average Bonchev–Trinajstić information content (AvgIpc) is 3.10. The van der Waals surface area contributed by atoms with Gasteiger partial charge in [0.05, 0.1) is 6.61 Å². The lowest BCUT2D eigenvalue weighted by atomic mass is 9.87. The number of rotatable bonds is 3. The van der Waals surface area contributed by atoms with Gasteiger partial charge < -0.3 is 25.2 Å². The van der Waals surface area contributed by atoms with E-state index in [0.29, 0.717) is 0 Å². The smallest absolute Gasteiger partial charge is 0.113 e. The molecule has 1 fully saturated rings. The van der Waals surface area contributed by atoms with Gasteiger partial charge in [-0.15, -0.1) is 11.8 Å². The summed E-state index contributed by atoms with van der Waals surface area (Å²) < 4.78 is 5.72. The van der Waals surface area contributed by atoms with Crippen molar-refractivity contribution in [3.63, 3.8) is 0 Å². The van der Waals surface area contributed by atoms with E-state index in [1.807, 2.05) is 18.2 Å². The molecule has 2 aliphatic heterocycles. The molecule has 0 bridgehead atoms. The Hall–Kier alpha value is -1.41. The summed E-state index contributed by atoms with van der Waals surface area (Å²) in [6.45, 7) is 1.65. The summed E-state index contributed by atoms with van der Waals surface area (Å²) in [7, 11) is 0. The van der Waals surface area contributed by atoms with Crippen molar-refractivity contribution >= 4 is 11.8 Å². The number of aliphatic hydroxyl groups excluding tert-OH is 4. The van der Waals surface area contributed by atoms with E-state index in [1.165, 1.54) is 21.6 Å². The first-order chi connectivity index (χ1) is 13.0. The Morgan fingerprint density at radius 1 is 0.963 bits per heavy atom. The predicted molar refractivity (Wildman–Crippen MR) is 103 cm³/mol. The van der Waals surface area contributed by atoms with Gasteiger partial charge in [0.2, 0.25) is 0 Å². The SMILES string of the molecule is Cc1ccc([C@@H]2CSc3ccc(C4OC(CO)C(O)C(O)C4O)cc32)cc1. The van der Waals surface area contributed by atoms with Crippen LogP contribution >= 0.6 is 11.8 Å². The van der Waals surface area contributed by atoms with Gasteiger partial charge in [0.1, 0.15) is 30.5 Å². The van der Waals surface area contributed by atoms with Crippen molar-refractivity contribution < 1.29 is 25.2 Å². The van der Waals surface area contributed by atoms with Crippen LogP contribution in [0.2, 0.25) is 0 Å². The van der Waals surface area contributed by atoms with Gasteiger partial charge >= 0.3 is 0 Å². The minimum atomic E-state index is -1.36. The van der Waals surface area contributed by atoms with Gasteiger partial charge in [0.25, 0.3) is 0 Å². The number of hydrogen-bond acceptors (Lipinski definition) is 6. The van der Waals surface area contributed by atoms with Crippen LogP contribution in [0.25, 0.3) is 0 Å². The number of aliphatic hydroxyl groups is 4. The fourth-order valence-electron chi connectivity index (χ4n) is 3.86. The number of thioether (sulfide) groups is 1. The van der Waals surface area contributed by atoms with Crippen LogP contribution in [0.4, 0.5) is 0 Å². The maximum absolute atomic E-state index is 10.4. The Morgan fingerprint density at radius 3 is 2.37 bits per heavy atom. The van der Waals surface area contributed by atoms with Crippen LogP contribution in [0.15, 0.2) is 47.4 Å². The molecule has 2 aliphatic rings. The minimum Gasteiger partial charge on any atom is -0.394 e. The van der Waals surface area contributed by atoms with Crippen LogP contribution in [0.5, 0.6) is 0 Å². The number of ether oxygens (including phenoxy) is 1. The molecular weight excluding hydrogens is 364 g/mol. The van der Waals surface area contributed by atoms with E-state index in [0.717, 1.165) is 11.3 Å². The zero-order valence-electron chi connectivity index (χ0n) is 15.0. The van der Waals surface area contributed by atoms with Crippen LogP contribution in [0, 0.1) is 6.92 Å². The van der Waals surface area contributed by atoms with Gasteiger partial charge in [-0.2, -0.15) is 0 Å². The normalized spacial score (nSPS) is 33.1. The summed E-state index contributed by atoms with van der Waals surface area (Å²) in [4.78, 5) is 1.20. The van der Waals surface area contributed by atoms with Gasteiger partial charge in [-0.05, 0) is 29.7 Å². The van der Waals surface area contributed by atoms with Crippen LogP contribution < -0.4 is 0 Å². The van der Waals surface area contributed by atoms with Gasteiger partial charge in [-0.3, -0.25) is 0 Å². The fourth-order valence-corrected chi connectivity index (χ4v) is 5.11. The van der Waals surface area contributed by atoms with Gasteiger partial charge in [0.15, 0.2) is 0 Å². The number of benzene rings is 2. The lowest BCUT2D eigenvalue weighted by Gasteiger charge is -2.40. The van der Waals surface area contributed by atoms with Crippen LogP contribution in [-0.2, 0) is 4.74 Å². The van der Waals surface area contributed by atoms with Crippen LogP contribution in [-0.4, -0.2) is 57.2 Å². The van der Waals surface area contributed by atoms with Gasteiger partial charge in [-0.25, -0.2) is 0 Å². The highest BCUT2D eigenvalue weighted by atomic mass is 32.2. The Bertz CT molecular complexity index is 807. The molecule has 0 saturated carbocycles. The molecule has 0 aromatic heterocycles. The zero-order chi connectivity index (χ0) is 19.1. The molecule has 0 aliphatic carbocycles. The van der Waals surface area contributed by atoms with Crippen molar-refractivity contribution in [3.05, 3.63) is 64.7 Å². The van der Waals surface area contributed by atoms with Gasteiger partial charge in [0, 0.05) is 16.6 Å². The molecule has 4 rings (SSSR count). The molecule has 0 amide bonds. The van der Waals surface area contributed by atoms with E-state index in [4.69, 9.17) is 4.74 Å². The van der Waals surface area contributed by atoms with E-state index < -0.39 is 37.1 Å². The third-order valence-corrected chi connectivity index (χ3v) is 6.70. The predicted octanol–water partition coefficient (Wildman–Crippen LogP) is 1.75. The fraction of sp³-hybridized carbons (Fsp3) is 0.429. The molecular formula is C21H24O5S. The third-order valence-electron chi connectivity index (χ3n) is 5.52. The highest BCUT2D eigenvalue weighted by Gasteiger charge is 2.44. The average molecular weight is 388 g/mol. The molecule has 1 saturated heterocycles. The van der Waals surface area contributed by atoms with Gasteiger partial charge in [-0.1, -0.05) is 42.0 Å². The second-order valence-electron chi connectivity index (χ2n) is 7.32. The Balaban J connectivity index is 1.66. The summed E-state index contributed by atoms with van der Waals surface area (Å²) in [5.74, 6) is 1.21. The van der Waals surface area contributed by atoms with Crippen molar-refractivity contribution in [1.82, 2.24) is 0 Å². The number of hydrogen-bond donors (Lipinski definition) is 4. The second kappa shape index (κ2) is 7.54. The third kappa shape index (κ3) is 3.42. The van der Waals surface area contributed by atoms with Crippen LogP contribution in [0.1, 0.15) is 34.3 Å². The maximum atomic E-state index is 10.4. The highest BCUT2D eigenvalue weighted by Crippen LogP contribution is 2.45. The minimum absolute atomic E-state index is 0.260. The highest BCUT2D eigenvalue weighted by molar-refractivity contribution is 7.99. The van der Waals surface area contributed by atoms with E-state index in [9.17, 15) is 20.4 Å². The Kier molecular flexibility index (Phi) is 5.29. The van der Waals surface area contributed by atoms with Crippen molar-refractivity contribution in [1.29, 1.82) is 0 Å². The van der Waals surface area contributed by atoms with Crippen molar-refractivity contribution in [3.8, 4) is 0 Å². The molecule has 5 nitrogen and oxygen atoms in total. The molecule has 2 aromatic carbocycles. The quantitative estimate of drug-likeness (QED) is 0.641. The summed E-state index contributed by atoms with van der Waals surface area (Å²) in [6, 6.07) is 14.4. The molecule has 6 atom stereocenters. The van der Waals surface area contributed by atoms with Crippen molar-refractivity contribution in [2.45, 2.75) is 48.3 Å². The maximum Gasteiger partial charge on any atom is 0.113 e. The Labute approximate surface area is 162 Å². The molecule has 0 radical (unpaired) electrons. The zero-order valence-corrected chi connectivity index (χ0v) is 15.8. The monoisotopic (exact) mass is 388 g/mol. The number of aryl methyl sites for hydroxylation is 1. The molecule has 2 heterocycles. The molecule has 0 spiro atoms. The molecule has 4 N–H and O–H groups in total. The molecule has 2 aromatic rings. The largest absolute Gasteiger partial charge is 0.394 e. The van der Waals surface area contributed by atoms with E-state index in [-0.39, 0.29) is 5.92 Å². The van der Waals surface area contributed by atoms with Crippen LogP contribution in [0.3, 0.4) is 0 Å². The molecule has 6 heteroatoms. The summed E-state index contributed by atoms with van der Waals surface area (Å²) >= 11 is 1.80. The molecule has 5 unspecified atom stereocenters. The molecule has 27 heavy (non-hydrogen) atoms.